The molecule has 1 aromatic carbocycles. The van der Waals surface area contributed by atoms with Crippen LogP contribution in [0.15, 0.2) is 23.1 Å². The van der Waals surface area contributed by atoms with E-state index in [0.29, 0.717) is 27.2 Å². The zero-order valence-electron chi connectivity index (χ0n) is 13.7. The molecule has 130 valence electrons. The Morgan fingerprint density at radius 2 is 1.83 bits per heavy atom. The average molecular weight is 387 g/mol. The third kappa shape index (κ3) is 4.76. The van der Waals surface area contributed by atoms with E-state index in [1.165, 1.54) is 4.90 Å². The third-order valence-electron chi connectivity index (χ3n) is 3.54. The van der Waals surface area contributed by atoms with Crippen LogP contribution in [0.1, 0.15) is 32.3 Å². The molecule has 24 heavy (non-hydrogen) atoms. The van der Waals surface area contributed by atoms with Gasteiger partial charge in [0.1, 0.15) is 0 Å². The van der Waals surface area contributed by atoms with Crippen molar-refractivity contribution in [2.24, 2.45) is 0 Å². The molecule has 7 heteroatoms. The van der Waals surface area contributed by atoms with Gasteiger partial charge in [0.15, 0.2) is 0 Å². The molecule has 0 N–H and O–H groups in total. The molecule has 0 spiro atoms. The Labute approximate surface area is 156 Å². The minimum atomic E-state index is -0.270. The van der Waals surface area contributed by atoms with Gasteiger partial charge in [0.05, 0.1) is 11.6 Å². The summed E-state index contributed by atoms with van der Waals surface area (Å²) in [5.74, 6) is -0.270. The maximum absolute atomic E-state index is 12.6. The van der Waals surface area contributed by atoms with Gasteiger partial charge in [-0.2, -0.15) is 0 Å². The van der Waals surface area contributed by atoms with Crippen molar-refractivity contribution >= 4 is 52.2 Å². The van der Waals surface area contributed by atoms with Crippen LogP contribution in [0.4, 0.5) is 4.79 Å². The molecule has 0 aromatic heterocycles. The zero-order valence-corrected chi connectivity index (χ0v) is 16.0. The van der Waals surface area contributed by atoms with E-state index in [1.54, 1.807) is 24.3 Å². The van der Waals surface area contributed by atoms with Gasteiger partial charge in [-0.1, -0.05) is 43.1 Å². The number of carbonyl (C=O) groups excluding carboxylic acids is 2. The number of nitrogens with zero attached hydrogens (tertiary/aromatic N) is 2. The van der Waals surface area contributed by atoms with E-state index in [1.807, 2.05) is 0 Å². The lowest BCUT2D eigenvalue weighted by Crippen LogP contribution is -2.41. The summed E-state index contributed by atoms with van der Waals surface area (Å²) in [6, 6.07) is 5.05. The van der Waals surface area contributed by atoms with Gasteiger partial charge in [0, 0.05) is 10.0 Å². The van der Waals surface area contributed by atoms with Crippen LogP contribution < -0.4 is 0 Å². The van der Waals surface area contributed by atoms with Gasteiger partial charge >= 0.3 is 0 Å². The quantitative estimate of drug-likeness (QED) is 0.610. The number of carbonyl (C=O) groups is 2. The maximum atomic E-state index is 12.6. The molecular weight excluding hydrogens is 367 g/mol. The fraction of sp³-hybridized carbons (Fsp3) is 0.412. The smallest absolute Gasteiger partial charge is 0.286 e. The molecule has 2 rings (SSSR count). The third-order valence-corrected chi connectivity index (χ3v) is 5.01. The van der Waals surface area contributed by atoms with Crippen molar-refractivity contribution in [3.05, 3.63) is 38.7 Å². The molecule has 1 heterocycles. The van der Waals surface area contributed by atoms with Gasteiger partial charge in [0.25, 0.3) is 11.1 Å². The van der Waals surface area contributed by atoms with E-state index in [-0.39, 0.29) is 11.1 Å². The molecule has 0 radical (unpaired) electrons. The van der Waals surface area contributed by atoms with Gasteiger partial charge in [-0.3, -0.25) is 19.4 Å². The fourth-order valence-corrected chi connectivity index (χ4v) is 3.75. The SMILES string of the molecule is CCCN(CCC)CN1C(=O)S/C(=C\c2ccc(Cl)cc2Cl)C1=O. The van der Waals surface area contributed by atoms with Crippen molar-refractivity contribution in [3.63, 3.8) is 0 Å². The molecule has 4 nitrogen and oxygen atoms in total. The Bertz CT molecular complexity index is 658. The van der Waals surface area contributed by atoms with Crippen LogP contribution in [0, 0.1) is 0 Å². The number of rotatable bonds is 7. The first-order valence-electron chi connectivity index (χ1n) is 7.89. The summed E-state index contributed by atoms with van der Waals surface area (Å²) >= 11 is 13.0. The molecule has 1 aromatic rings. The number of halogens is 2. The molecule has 0 unspecified atom stereocenters. The first kappa shape index (κ1) is 19.3. The first-order chi connectivity index (χ1) is 11.5. The predicted octanol–water partition coefficient (Wildman–Crippen LogP) is 5.11. The van der Waals surface area contributed by atoms with Crippen LogP contribution in [-0.2, 0) is 4.79 Å². The number of thioether (sulfide) groups is 1. The topological polar surface area (TPSA) is 40.6 Å². The molecule has 1 saturated heterocycles. The van der Waals surface area contributed by atoms with E-state index >= 15 is 0 Å². The number of benzene rings is 1. The highest BCUT2D eigenvalue weighted by atomic mass is 35.5. The van der Waals surface area contributed by atoms with Crippen molar-refractivity contribution in [2.75, 3.05) is 19.8 Å². The Hall–Kier alpha value is -1.01. The summed E-state index contributed by atoms with van der Waals surface area (Å²) in [4.78, 5) is 28.6. The highest BCUT2D eigenvalue weighted by Gasteiger charge is 2.35. The minimum absolute atomic E-state index is 0.242. The largest absolute Gasteiger partial charge is 0.294 e. The van der Waals surface area contributed by atoms with E-state index in [2.05, 4.69) is 18.7 Å². The van der Waals surface area contributed by atoms with Crippen LogP contribution in [0.2, 0.25) is 10.0 Å². The Kier molecular flexibility index (Phi) is 7.16. The van der Waals surface area contributed by atoms with Crippen molar-refractivity contribution in [3.8, 4) is 0 Å². The van der Waals surface area contributed by atoms with Gasteiger partial charge < -0.3 is 0 Å². The van der Waals surface area contributed by atoms with Gasteiger partial charge in [-0.25, -0.2) is 0 Å². The first-order valence-corrected chi connectivity index (χ1v) is 9.46. The van der Waals surface area contributed by atoms with Crippen LogP contribution in [0.5, 0.6) is 0 Å². The lowest BCUT2D eigenvalue weighted by Gasteiger charge is -2.25. The zero-order chi connectivity index (χ0) is 17.7. The maximum Gasteiger partial charge on any atom is 0.294 e. The molecule has 0 saturated carbocycles. The highest BCUT2D eigenvalue weighted by Crippen LogP contribution is 2.34. The van der Waals surface area contributed by atoms with Crippen LogP contribution in [0.25, 0.3) is 6.08 Å². The van der Waals surface area contributed by atoms with E-state index in [0.717, 1.165) is 37.7 Å². The molecule has 2 amide bonds. The Morgan fingerprint density at radius 1 is 1.17 bits per heavy atom. The van der Waals surface area contributed by atoms with Gasteiger partial charge in [-0.05, 0) is 61.5 Å². The normalized spacial score (nSPS) is 16.7. The minimum Gasteiger partial charge on any atom is -0.286 e. The van der Waals surface area contributed by atoms with Crippen LogP contribution in [-0.4, -0.2) is 40.7 Å². The number of amides is 2. The summed E-state index contributed by atoms with van der Waals surface area (Å²) in [5, 5.41) is 0.737. The van der Waals surface area contributed by atoms with Crippen molar-refractivity contribution in [1.29, 1.82) is 0 Å². The summed E-state index contributed by atoms with van der Waals surface area (Å²) in [5.41, 5.74) is 0.672. The molecule has 0 bridgehead atoms. The number of imide groups is 1. The van der Waals surface area contributed by atoms with E-state index in [9.17, 15) is 9.59 Å². The van der Waals surface area contributed by atoms with Crippen LogP contribution >= 0.6 is 35.0 Å². The van der Waals surface area contributed by atoms with E-state index in [4.69, 9.17) is 23.2 Å². The summed E-state index contributed by atoms with van der Waals surface area (Å²) < 4.78 is 0. The second-order valence-corrected chi connectivity index (χ2v) is 7.37. The van der Waals surface area contributed by atoms with Gasteiger partial charge in [0.2, 0.25) is 0 Å². The molecule has 1 aliphatic rings. The highest BCUT2D eigenvalue weighted by molar-refractivity contribution is 8.18. The Balaban J connectivity index is 2.17. The fourth-order valence-electron chi connectivity index (χ4n) is 2.47. The number of hydrogen-bond acceptors (Lipinski definition) is 4. The molecular formula is C17H20Cl2N2O2S. The molecule has 1 aliphatic heterocycles. The second-order valence-electron chi connectivity index (χ2n) is 5.54. The summed E-state index contributed by atoms with van der Waals surface area (Å²) in [6.07, 6.45) is 3.60. The monoisotopic (exact) mass is 386 g/mol. The average Bonchev–Trinajstić information content (AvgIpc) is 2.78. The lowest BCUT2D eigenvalue weighted by molar-refractivity contribution is -0.124. The standard InChI is InChI=1S/C17H20Cl2N2O2S/c1-3-7-20(8-4-2)11-21-16(22)15(24-17(21)23)9-12-5-6-13(18)10-14(12)19/h5-6,9-10H,3-4,7-8,11H2,1-2H3/b15-9-. The van der Waals surface area contributed by atoms with Crippen LogP contribution in [0.3, 0.4) is 0 Å². The lowest BCUT2D eigenvalue weighted by atomic mass is 10.2. The van der Waals surface area contributed by atoms with E-state index < -0.39 is 0 Å². The number of hydrogen-bond donors (Lipinski definition) is 0. The molecule has 0 aliphatic carbocycles. The predicted molar refractivity (Wildman–Crippen MR) is 101 cm³/mol. The van der Waals surface area contributed by atoms with Crippen molar-refractivity contribution < 1.29 is 9.59 Å². The van der Waals surface area contributed by atoms with Crippen molar-refractivity contribution in [2.45, 2.75) is 26.7 Å². The Morgan fingerprint density at radius 3 is 2.42 bits per heavy atom. The van der Waals surface area contributed by atoms with Crippen molar-refractivity contribution in [1.82, 2.24) is 9.80 Å². The summed E-state index contributed by atoms with van der Waals surface area (Å²) in [7, 11) is 0. The second kappa shape index (κ2) is 8.90. The van der Waals surface area contributed by atoms with Gasteiger partial charge in [-0.15, -0.1) is 0 Å². The molecule has 1 fully saturated rings. The molecule has 0 atom stereocenters. The summed E-state index contributed by atoms with van der Waals surface area (Å²) in [6.45, 7) is 6.21.